The Morgan fingerprint density at radius 3 is 2.38 bits per heavy atom. The quantitative estimate of drug-likeness (QED) is 0.736. The summed E-state index contributed by atoms with van der Waals surface area (Å²) in [5.74, 6) is 1.69. The van der Waals surface area contributed by atoms with Gasteiger partial charge in [0.05, 0.1) is 13.7 Å². The highest BCUT2D eigenvalue weighted by Crippen LogP contribution is 2.35. The monoisotopic (exact) mass is 349 g/mol. The lowest BCUT2D eigenvalue weighted by Gasteiger charge is -2.38. The number of ether oxygens (including phenoxy) is 1. The summed E-state index contributed by atoms with van der Waals surface area (Å²) < 4.78 is 5.25. The maximum atomic E-state index is 9.52. The van der Waals surface area contributed by atoms with E-state index in [2.05, 4.69) is 27.2 Å². The molecule has 0 amide bonds. The van der Waals surface area contributed by atoms with Gasteiger partial charge < -0.3 is 14.7 Å². The SMILES string of the molecule is COc1ccc(-c2nnc(N(CCO)C3CCC3)c3ccccc23)cc1. The predicted octanol–water partition coefficient (Wildman–Crippen LogP) is 3.66. The molecule has 0 saturated heterocycles. The fourth-order valence-electron chi connectivity index (χ4n) is 3.53. The Morgan fingerprint density at radius 2 is 1.77 bits per heavy atom. The number of benzene rings is 2. The zero-order chi connectivity index (χ0) is 17.9. The summed E-state index contributed by atoms with van der Waals surface area (Å²) in [7, 11) is 1.66. The van der Waals surface area contributed by atoms with Crippen LogP contribution in [-0.4, -0.2) is 41.6 Å². The number of aliphatic hydroxyl groups excluding tert-OH is 1. The summed E-state index contributed by atoms with van der Waals surface area (Å²) in [5.41, 5.74) is 1.88. The molecule has 0 unspecified atom stereocenters. The summed E-state index contributed by atoms with van der Waals surface area (Å²) in [4.78, 5) is 2.22. The Labute approximate surface area is 153 Å². The highest BCUT2D eigenvalue weighted by Gasteiger charge is 2.27. The second-order valence-electron chi connectivity index (χ2n) is 6.65. The Bertz CT molecular complexity index is 891. The second kappa shape index (κ2) is 7.30. The van der Waals surface area contributed by atoms with Crippen LogP contribution in [0.2, 0.25) is 0 Å². The molecule has 1 aliphatic carbocycles. The summed E-state index contributed by atoms with van der Waals surface area (Å²) in [6.45, 7) is 0.706. The van der Waals surface area contributed by atoms with Gasteiger partial charge in [0, 0.05) is 28.9 Å². The third-order valence-corrected chi connectivity index (χ3v) is 5.16. The van der Waals surface area contributed by atoms with Gasteiger partial charge in [-0.05, 0) is 43.5 Å². The van der Waals surface area contributed by atoms with E-state index in [0.717, 1.165) is 46.4 Å². The number of anilines is 1. The molecular weight excluding hydrogens is 326 g/mol. The van der Waals surface area contributed by atoms with Gasteiger partial charge in [0.1, 0.15) is 11.4 Å². The van der Waals surface area contributed by atoms with Gasteiger partial charge in [-0.1, -0.05) is 24.3 Å². The number of aromatic nitrogens is 2. The minimum absolute atomic E-state index is 0.118. The van der Waals surface area contributed by atoms with Crippen molar-refractivity contribution < 1.29 is 9.84 Å². The molecule has 1 heterocycles. The number of hydrogen-bond donors (Lipinski definition) is 1. The van der Waals surface area contributed by atoms with Gasteiger partial charge >= 0.3 is 0 Å². The Kier molecular flexibility index (Phi) is 4.71. The second-order valence-corrected chi connectivity index (χ2v) is 6.65. The van der Waals surface area contributed by atoms with Gasteiger partial charge in [-0.15, -0.1) is 10.2 Å². The standard InChI is InChI=1S/C21H23N3O2/c1-26-17-11-9-15(10-12-17)20-18-7-2-3-8-19(18)21(23-22-20)24(13-14-25)16-5-4-6-16/h2-3,7-12,16,25H,4-6,13-14H2,1H3. The van der Waals surface area contributed by atoms with Gasteiger partial charge in [0.25, 0.3) is 0 Å². The number of hydrogen-bond acceptors (Lipinski definition) is 5. The average molecular weight is 349 g/mol. The average Bonchev–Trinajstić information content (AvgIpc) is 2.65. The van der Waals surface area contributed by atoms with E-state index < -0.39 is 0 Å². The number of nitrogens with zero attached hydrogens (tertiary/aromatic N) is 3. The van der Waals surface area contributed by atoms with Gasteiger partial charge in [0.15, 0.2) is 5.82 Å². The third kappa shape index (κ3) is 2.99. The van der Waals surface area contributed by atoms with Gasteiger partial charge in [-0.3, -0.25) is 0 Å². The number of methoxy groups -OCH3 is 1. The first-order valence-corrected chi connectivity index (χ1v) is 9.09. The Balaban J connectivity index is 1.82. The van der Waals surface area contributed by atoms with Crippen LogP contribution in [0.3, 0.4) is 0 Å². The fraction of sp³-hybridized carbons (Fsp3) is 0.333. The van der Waals surface area contributed by atoms with E-state index in [1.807, 2.05) is 36.4 Å². The van der Waals surface area contributed by atoms with Crippen LogP contribution in [0.4, 0.5) is 5.82 Å². The van der Waals surface area contributed by atoms with Crippen LogP contribution in [0.25, 0.3) is 22.0 Å². The van der Waals surface area contributed by atoms with E-state index in [1.54, 1.807) is 7.11 Å². The Morgan fingerprint density at radius 1 is 1.04 bits per heavy atom. The lowest BCUT2D eigenvalue weighted by atomic mass is 9.91. The Hall–Kier alpha value is -2.66. The molecule has 1 fully saturated rings. The molecule has 1 aromatic heterocycles. The van der Waals surface area contributed by atoms with E-state index in [-0.39, 0.29) is 6.61 Å². The first kappa shape index (κ1) is 16.8. The molecule has 26 heavy (non-hydrogen) atoms. The summed E-state index contributed by atoms with van der Waals surface area (Å²) in [5, 5.41) is 20.8. The maximum absolute atomic E-state index is 9.52. The first-order valence-electron chi connectivity index (χ1n) is 9.09. The van der Waals surface area contributed by atoms with E-state index in [4.69, 9.17) is 4.74 Å². The van der Waals surface area contributed by atoms with Crippen molar-refractivity contribution in [2.45, 2.75) is 25.3 Å². The van der Waals surface area contributed by atoms with Crippen molar-refractivity contribution in [1.29, 1.82) is 0 Å². The molecule has 4 rings (SSSR count). The van der Waals surface area contributed by atoms with Crippen molar-refractivity contribution in [3.63, 3.8) is 0 Å². The van der Waals surface area contributed by atoms with Crippen molar-refractivity contribution in [1.82, 2.24) is 10.2 Å². The summed E-state index contributed by atoms with van der Waals surface area (Å²) in [6.07, 6.45) is 3.54. The largest absolute Gasteiger partial charge is 0.497 e. The zero-order valence-electron chi connectivity index (χ0n) is 14.9. The number of rotatable bonds is 6. The number of aliphatic hydroxyl groups is 1. The molecule has 5 nitrogen and oxygen atoms in total. The third-order valence-electron chi connectivity index (χ3n) is 5.16. The molecule has 1 saturated carbocycles. The van der Waals surface area contributed by atoms with Crippen molar-refractivity contribution in [2.75, 3.05) is 25.2 Å². The molecule has 1 aliphatic rings. The smallest absolute Gasteiger partial charge is 0.159 e. The van der Waals surface area contributed by atoms with Gasteiger partial charge in [-0.25, -0.2) is 0 Å². The molecule has 0 radical (unpaired) electrons. The van der Waals surface area contributed by atoms with Crippen LogP contribution < -0.4 is 9.64 Å². The molecule has 0 atom stereocenters. The normalized spacial score (nSPS) is 14.2. The van der Waals surface area contributed by atoms with Crippen LogP contribution in [0.1, 0.15) is 19.3 Å². The minimum Gasteiger partial charge on any atom is -0.497 e. The minimum atomic E-state index is 0.118. The van der Waals surface area contributed by atoms with Gasteiger partial charge in [-0.2, -0.15) is 0 Å². The topological polar surface area (TPSA) is 58.5 Å². The highest BCUT2D eigenvalue weighted by molar-refractivity contribution is 6.00. The molecular formula is C21H23N3O2. The molecule has 5 heteroatoms. The molecule has 134 valence electrons. The van der Waals surface area contributed by atoms with Crippen molar-refractivity contribution >= 4 is 16.6 Å². The zero-order valence-corrected chi connectivity index (χ0v) is 14.9. The molecule has 0 bridgehead atoms. The predicted molar refractivity (Wildman–Crippen MR) is 104 cm³/mol. The fourth-order valence-corrected chi connectivity index (χ4v) is 3.53. The lowest BCUT2D eigenvalue weighted by Crippen LogP contribution is -2.42. The first-order chi connectivity index (χ1) is 12.8. The summed E-state index contributed by atoms with van der Waals surface area (Å²) in [6, 6.07) is 16.6. The van der Waals surface area contributed by atoms with E-state index >= 15 is 0 Å². The molecule has 3 aromatic rings. The van der Waals surface area contributed by atoms with Crippen LogP contribution in [0.5, 0.6) is 5.75 Å². The molecule has 2 aromatic carbocycles. The lowest BCUT2D eigenvalue weighted by molar-refractivity contribution is 0.283. The van der Waals surface area contributed by atoms with Gasteiger partial charge in [0.2, 0.25) is 0 Å². The molecule has 0 spiro atoms. The van der Waals surface area contributed by atoms with Crippen LogP contribution in [-0.2, 0) is 0 Å². The van der Waals surface area contributed by atoms with Crippen molar-refractivity contribution in [3.05, 3.63) is 48.5 Å². The highest BCUT2D eigenvalue weighted by atomic mass is 16.5. The molecule has 1 N–H and O–H groups in total. The molecule has 0 aliphatic heterocycles. The summed E-state index contributed by atoms with van der Waals surface area (Å²) >= 11 is 0. The van der Waals surface area contributed by atoms with Crippen molar-refractivity contribution in [2.24, 2.45) is 0 Å². The van der Waals surface area contributed by atoms with E-state index in [1.165, 1.54) is 6.42 Å². The van der Waals surface area contributed by atoms with Crippen LogP contribution in [0.15, 0.2) is 48.5 Å². The van der Waals surface area contributed by atoms with Crippen LogP contribution >= 0.6 is 0 Å². The number of fused-ring (bicyclic) bond motifs is 1. The van der Waals surface area contributed by atoms with Crippen molar-refractivity contribution in [3.8, 4) is 17.0 Å². The van der Waals surface area contributed by atoms with Crippen LogP contribution in [0, 0.1) is 0 Å². The maximum Gasteiger partial charge on any atom is 0.159 e. The van der Waals surface area contributed by atoms with E-state index in [0.29, 0.717) is 12.6 Å². The van der Waals surface area contributed by atoms with E-state index in [9.17, 15) is 5.11 Å².